The predicted molar refractivity (Wildman–Crippen MR) is 99.0 cm³/mol. The molecule has 1 aliphatic heterocycles. The lowest BCUT2D eigenvalue weighted by atomic mass is 10.1. The number of hydrogen-bond donors (Lipinski definition) is 0. The van der Waals surface area contributed by atoms with Crippen molar-refractivity contribution in [2.45, 2.75) is 26.3 Å². The fourth-order valence-corrected chi connectivity index (χ4v) is 3.79. The number of aromatic nitrogens is 1. The van der Waals surface area contributed by atoms with Gasteiger partial charge >= 0.3 is 0 Å². The normalized spacial score (nSPS) is 19.0. The second-order valence-corrected chi connectivity index (χ2v) is 7.09. The van der Waals surface area contributed by atoms with E-state index in [1.165, 1.54) is 0 Å². The third kappa shape index (κ3) is 3.51. The average molecular weight is 366 g/mol. The number of amides is 1. The monoisotopic (exact) mass is 365 g/mol. The van der Waals surface area contributed by atoms with Crippen molar-refractivity contribution in [3.05, 3.63) is 40.0 Å². The van der Waals surface area contributed by atoms with Gasteiger partial charge in [-0.2, -0.15) is 0 Å². The minimum Gasteiger partial charge on any atom is -0.336 e. The molecule has 1 amide bonds. The van der Waals surface area contributed by atoms with Crippen LogP contribution in [0.15, 0.2) is 24.3 Å². The van der Waals surface area contributed by atoms with Crippen LogP contribution in [0.5, 0.6) is 0 Å². The third-order valence-corrected chi connectivity index (χ3v) is 5.04. The molecule has 0 saturated carbocycles. The standard InChI is InChI=1S/C18H21Cl2N3O/c1-3-6-22-7-8-23(11-12(22)2)18(24)13-4-5-14-15(19)10-17(20)21-16(14)9-13/h4-5,9-10,12H,3,6-8,11H2,1-2H3. The van der Waals surface area contributed by atoms with E-state index in [2.05, 4.69) is 23.7 Å². The van der Waals surface area contributed by atoms with Crippen LogP contribution in [-0.4, -0.2) is 52.9 Å². The quantitative estimate of drug-likeness (QED) is 0.768. The number of benzene rings is 1. The van der Waals surface area contributed by atoms with E-state index in [0.29, 0.717) is 27.3 Å². The van der Waals surface area contributed by atoms with Crippen LogP contribution in [0.25, 0.3) is 10.9 Å². The van der Waals surface area contributed by atoms with Gasteiger partial charge in [0.2, 0.25) is 0 Å². The van der Waals surface area contributed by atoms with E-state index in [1.807, 2.05) is 17.0 Å². The van der Waals surface area contributed by atoms with E-state index in [0.717, 1.165) is 38.0 Å². The van der Waals surface area contributed by atoms with Gasteiger partial charge in [-0.05, 0) is 38.1 Å². The van der Waals surface area contributed by atoms with Crippen LogP contribution < -0.4 is 0 Å². The largest absolute Gasteiger partial charge is 0.336 e. The van der Waals surface area contributed by atoms with Gasteiger partial charge in [0.05, 0.1) is 10.5 Å². The summed E-state index contributed by atoms with van der Waals surface area (Å²) in [6, 6.07) is 7.42. The van der Waals surface area contributed by atoms with Crippen molar-refractivity contribution in [3.63, 3.8) is 0 Å². The second kappa shape index (κ2) is 7.26. The Balaban J connectivity index is 1.82. The Labute approximate surface area is 152 Å². The summed E-state index contributed by atoms with van der Waals surface area (Å²) in [5.74, 6) is 0.0396. The van der Waals surface area contributed by atoms with Crippen molar-refractivity contribution in [1.29, 1.82) is 0 Å². The molecule has 1 fully saturated rings. The first-order valence-corrected chi connectivity index (χ1v) is 9.04. The lowest BCUT2D eigenvalue weighted by Crippen LogP contribution is -2.53. The van der Waals surface area contributed by atoms with Gasteiger partial charge in [0, 0.05) is 36.6 Å². The number of nitrogens with zero attached hydrogens (tertiary/aromatic N) is 3. The molecule has 0 aliphatic carbocycles. The van der Waals surface area contributed by atoms with Crippen LogP contribution in [0.1, 0.15) is 30.6 Å². The van der Waals surface area contributed by atoms with Crippen LogP contribution in [0, 0.1) is 0 Å². The van der Waals surface area contributed by atoms with Gasteiger partial charge in [0.15, 0.2) is 0 Å². The molecule has 1 aromatic carbocycles. The number of rotatable bonds is 3. The van der Waals surface area contributed by atoms with Gasteiger partial charge in [0.1, 0.15) is 5.15 Å². The zero-order chi connectivity index (χ0) is 17.3. The minimum absolute atomic E-state index is 0.0396. The first-order chi connectivity index (χ1) is 11.5. The Morgan fingerprint density at radius 1 is 1.29 bits per heavy atom. The maximum atomic E-state index is 12.8. The molecule has 6 heteroatoms. The summed E-state index contributed by atoms with van der Waals surface area (Å²) in [5.41, 5.74) is 1.28. The molecule has 0 spiro atoms. The summed E-state index contributed by atoms with van der Waals surface area (Å²) in [6.45, 7) is 7.87. The molecule has 2 aromatic rings. The van der Waals surface area contributed by atoms with Crippen molar-refractivity contribution >= 4 is 40.0 Å². The molecule has 1 atom stereocenters. The Morgan fingerprint density at radius 3 is 2.79 bits per heavy atom. The predicted octanol–water partition coefficient (Wildman–Crippen LogP) is 4.10. The average Bonchev–Trinajstić information content (AvgIpc) is 2.55. The van der Waals surface area contributed by atoms with Crippen LogP contribution >= 0.6 is 23.2 Å². The van der Waals surface area contributed by atoms with Crippen LogP contribution in [0.4, 0.5) is 0 Å². The molecule has 24 heavy (non-hydrogen) atoms. The molecule has 0 radical (unpaired) electrons. The van der Waals surface area contributed by atoms with Gasteiger partial charge in [-0.3, -0.25) is 9.69 Å². The molecular weight excluding hydrogens is 345 g/mol. The maximum Gasteiger partial charge on any atom is 0.254 e. The number of piperazine rings is 1. The number of hydrogen-bond acceptors (Lipinski definition) is 3. The summed E-state index contributed by atoms with van der Waals surface area (Å²) in [6.07, 6.45) is 1.14. The smallest absolute Gasteiger partial charge is 0.254 e. The van der Waals surface area contributed by atoms with Crippen molar-refractivity contribution in [2.75, 3.05) is 26.2 Å². The first kappa shape index (κ1) is 17.5. The second-order valence-electron chi connectivity index (χ2n) is 6.29. The molecular formula is C18H21Cl2N3O. The topological polar surface area (TPSA) is 36.4 Å². The molecule has 4 nitrogen and oxygen atoms in total. The summed E-state index contributed by atoms with van der Waals surface area (Å²) < 4.78 is 0. The summed E-state index contributed by atoms with van der Waals surface area (Å²) in [7, 11) is 0. The van der Waals surface area contributed by atoms with Gasteiger partial charge in [0.25, 0.3) is 5.91 Å². The molecule has 2 heterocycles. The SMILES string of the molecule is CCCN1CCN(C(=O)c2ccc3c(Cl)cc(Cl)nc3c2)CC1C. The van der Waals surface area contributed by atoms with Crippen molar-refractivity contribution in [3.8, 4) is 0 Å². The summed E-state index contributed by atoms with van der Waals surface area (Å²) in [5, 5.41) is 1.68. The minimum atomic E-state index is 0.0396. The highest BCUT2D eigenvalue weighted by atomic mass is 35.5. The Hall–Kier alpha value is -1.36. The van der Waals surface area contributed by atoms with Crippen molar-refractivity contribution in [2.24, 2.45) is 0 Å². The number of carbonyl (C=O) groups excluding carboxylic acids is 1. The molecule has 1 aromatic heterocycles. The Morgan fingerprint density at radius 2 is 2.08 bits per heavy atom. The maximum absolute atomic E-state index is 12.8. The molecule has 128 valence electrons. The third-order valence-electron chi connectivity index (χ3n) is 4.54. The first-order valence-electron chi connectivity index (χ1n) is 8.28. The van der Waals surface area contributed by atoms with Gasteiger partial charge in [-0.15, -0.1) is 0 Å². The van der Waals surface area contributed by atoms with Crippen molar-refractivity contribution < 1.29 is 4.79 Å². The number of pyridine rings is 1. The summed E-state index contributed by atoms with van der Waals surface area (Å²) in [4.78, 5) is 21.5. The molecule has 1 unspecified atom stereocenters. The highest BCUT2D eigenvalue weighted by molar-refractivity contribution is 6.37. The molecule has 1 saturated heterocycles. The van der Waals surface area contributed by atoms with Crippen LogP contribution in [0.2, 0.25) is 10.2 Å². The van der Waals surface area contributed by atoms with Gasteiger partial charge in [-0.25, -0.2) is 4.98 Å². The highest BCUT2D eigenvalue weighted by Gasteiger charge is 2.26. The van der Waals surface area contributed by atoms with Gasteiger partial charge < -0.3 is 4.90 Å². The number of carbonyl (C=O) groups is 1. The lowest BCUT2D eigenvalue weighted by molar-refractivity contribution is 0.0515. The fraction of sp³-hybridized carbons (Fsp3) is 0.444. The van der Waals surface area contributed by atoms with Gasteiger partial charge in [-0.1, -0.05) is 36.2 Å². The van der Waals surface area contributed by atoms with Crippen molar-refractivity contribution in [1.82, 2.24) is 14.8 Å². The molecule has 1 aliphatic rings. The zero-order valence-corrected chi connectivity index (χ0v) is 15.4. The summed E-state index contributed by atoms with van der Waals surface area (Å²) >= 11 is 12.2. The highest BCUT2D eigenvalue weighted by Crippen LogP contribution is 2.26. The Bertz CT molecular complexity index is 765. The number of halogens is 2. The molecule has 0 N–H and O–H groups in total. The molecule has 3 rings (SSSR count). The van der Waals surface area contributed by atoms with Crippen LogP contribution in [-0.2, 0) is 0 Å². The lowest BCUT2D eigenvalue weighted by Gasteiger charge is -2.39. The van der Waals surface area contributed by atoms with E-state index in [4.69, 9.17) is 23.2 Å². The number of fused-ring (bicyclic) bond motifs is 1. The zero-order valence-electron chi connectivity index (χ0n) is 13.9. The molecule has 0 bridgehead atoms. The van der Waals surface area contributed by atoms with E-state index in [9.17, 15) is 4.79 Å². The van der Waals surface area contributed by atoms with E-state index in [1.54, 1.807) is 12.1 Å². The Kier molecular flexibility index (Phi) is 5.28. The van der Waals surface area contributed by atoms with E-state index < -0.39 is 0 Å². The van der Waals surface area contributed by atoms with Crippen LogP contribution in [0.3, 0.4) is 0 Å². The fourth-order valence-electron chi connectivity index (χ4n) is 3.27. The van der Waals surface area contributed by atoms with E-state index in [-0.39, 0.29) is 5.91 Å². The van der Waals surface area contributed by atoms with E-state index >= 15 is 0 Å².